The van der Waals surface area contributed by atoms with Crippen molar-refractivity contribution in [2.24, 2.45) is 0 Å². The molecule has 0 spiro atoms. The Morgan fingerprint density at radius 2 is 1.88 bits per heavy atom. The van der Waals surface area contributed by atoms with E-state index in [9.17, 15) is 13.2 Å². The average Bonchev–Trinajstić information content (AvgIpc) is 3.02. The number of nitrogens with zero attached hydrogens (tertiary/aromatic N) is 1. The molecule has 136 valence electrons. The van der Waals surface area contributed by atoms with Crippen molar-refractivity contribution < 1.29 is 13.2 Å². The SMILES string of the molecule is CCCN(Cc1ccccc1)C(=O)c1ccc(CCNS(C)(=O)=O)s1. The molecule has 5 nitrogen and oxygen atoms in total. The normalized spacial score (nSPS) is 11.4. The monoisotopic (exact) mass is 380 g/mol. The number of rotatable bonds is 9. The van der Waals surface area contributed by atoms with Gasteiger partial charge in [0.25, 0.3) is 5.91 Å². The lowest BCUT2D eigenvalue weighted by Crippen LogP contribution is -2.30. The van der Waals surface area contributed by atoms with E-state index >= 15 is 0 Å². The van der Waals surface area contributed by atoms with Crippen LogP contribution in [0.3, 0.4) is 0 Å². The van der Waals surface area contributed by atoms with Gasteiger partial charge in [0.15, 0.2) is 0 Å². The van der Waals surface area contributed by atoms with Crippen molar-refractivity contribution in [3.63, 3.8) is 0 Å². The highest BCUT2D eigenvalue weighted by Gasteiger charge is 2.17. The molecule has 0 radical (unpaired) electrons. The third-order valence-electron chi connectivity index (χ3n) is 3.61. The fraction of sp³-hybridized carbons (Fsp3) is 0.389. The van der Waals surface area contributed by atoms with Gasteiger partial charge in [-0.1, -0.05) is 37.3 Å². The van der Waals surface area contributed by atoms with Crippen LogP contribution in [0.25, 0.3) is 0 Å². The van der Waals surface area contributed by atoms with Gasteiger partial charge in [-0.2, -0.15) is 0 Å². The summed E-state index contributed by atoms with van der Waals surface area (Å²) >= 11 is 1.43. The Balaban J connectivity index is 2.01. The molecule has 0 aliphatic carbocycles. The molecule has 0 aliphatic heterocycles. The quantitative estimate of drug-likeness (QED) is 0.727. The minimum atomic E-state index is -3.18. The molecule has 2 aromatic rings. The molecule has 1 heterocycles. The van der Waals surface area contributed by atoms with Crippen LogP contribution in [0.15, 0.2) is 42.5 Å². The second-order valence-electron chi connectivity index (χ2n) is 5.89. The number of carbonyl (C=O) groups excluding carboxylic acids is 1. The van der Waals surface area contributed by atoms with E-state index in [1.54, 1.807) is 0 Å². The number of nitrogens with one attached hydrogen (secondary N) is 1. The third kappa shape index (κ3) is 6.61. The van der Waals surface area contributed by atoms with Crippen molar-refractivity contribution in [1.82, 2.24) is 9.62 Å². The smallest absolute Gasteiger partial charge is 0.264 e. The van der Waals surface area contributed by atoms with Crippen LogP contribution < -0.4 is 4.72 Å². The first-order chi connectivity index (χ1) is 11.9. The maximum atomic E-state index is 12.8. The lowest BCUT2D eigenvalue weighted by atomic mass is 10.2. The highest BCUT2D eigenvalue weighted by Crippen LogP contribution is 2.20. The van der Waals surface area contributed by atoms with Gasteiger partial charge in [-0.05, 0) is 30.5 Å². The number of hydrogen-bond acceptors (Lipinski definition) is 4. The largest absolute Gasteiger partial charge is 0.334 e. The Morgan fingerprint density at radius 3 is 2.52 bits per heavy atom. The fourth-order valence-electron chi connectivity index (χ4n) is 2.47. The molecule has 7 heteroatoms. The van der Waals surface area contributed by atoms with Gasteiger partial charge in [0.05, 0.1) is 11.1 Å². The van der Waals surface area contributed by atoms with Gasteiger partial charge in [-0.3, -0.25) is 4.79 Å². The minimum Gasteiger partial charge on any atom is -0.334 e. The molecule has 0 atom stereocenters. The van der Waals surface area contributed by atoms with Gasteiger partial charge in [-0.25, -0.2) is 13.1 Å². The molecular weight excluding hydrogens is 356 g/mol. The van der Waals surface area contributed by atoms with E-state index in [4.69, 9.17) is 0 Å². The summed E-state index contributed by atoms with van der Waals surface area (Å²) in [5.41, 5.74) is 1.11. The Bertz CT molecular complexity index is 786. The molecule has 0 saturated heterocycles. The number of sulfonamides is 1. The van der Waals surface area contributed by atoms with Crippen molar-refractivity contribution in [2.45, 2.75) is 26.3 Å². The van der Waals surface area contributed by atoms with Crippen LogP contribution in [0.2, 0.25) is 0 Å². The summed E-state index contributed by atoms with van der Waals surface area (Å²) < 4.78 is 24.7. The van der Waals surface area contributed by atoms with Gasteiger partial charge < -0.3 is 4.90 Å². The minimum absolute atomic E-state index is 0.0259. The van der Waals surface area contributed by atoms with Crippen LogP contribution >= 0.6 is 11.3 Å². The Morgan fingerprint density at radius 1 is 1.16 bits per heavy atom. The Labute approximate surface area is 153 Å². The first-order valence-corrected chi connectivity index (χ1v) is 11.0. The molecule has 2 rings (SSSR count). The zero-order valence-corrected chi connectivity index (χ0v) is 16.2. The summed E-state index contributed by atoms with van der Waals surface area (Å²) in [6.07, 6.45) is 2.62. The average molecular weight is 381 g/mol. The second kappa shape index (κ2) is 9.12. The summed E-state index contributed by atoms with van der Waals surface area (Å²) in [7, 11) is -3.18. The van der Waals surface area contributed by atoms with Gasteiger partial charge in [0, 0.05) is 24.5 Å². The molecule has 1 aromatic heterocycles. The molecule has 0 fully saturated rings. The van der Waals surface area contributed by atoms with E-state index < -0.39 is 10.0 Å². The number of amides is 1. The summed E-state index contributed by atoms with van der Waals surface area (Å²) in [5, 5.41) is 0. The summed E-state index contributed by atoms with van der Waals surface area (Å²) in [4.78, 5) is 16.4. The van der Waals surface area contributed by atoms with Crippen LogP contribution in [0, 0.1) is 0 Å². The van der Waals surface area contributed by atoms with E-state index in [1.165, 1.54) is 11.3 Å². The van der Waals surface area contributed by atoms with Crippen LogP contribution in [0.5, 0.6) is 0 Å². The van der Waals surface area contributed by atoms with Crippen LogP contribution in [0.1, 0.15) is 33.5 Å². The van der Waals surface area contributed by atoms with Crippen LogP contribution in [-0.4, -0.2) is 38.6 Å². The molecule has 1 amide bonds. The molecule has 0 saturated carbocycles. The fourth-order valence-corrected chi connectivity index (χ4v) is 3.92. The molecule has 0 unspecified atom stereocenters. The topological polar surface area (TPSA) is 66.5 Å². The van der Waals surface area contributed by atoms with Crippen molar-refractivity contribution in [3.05, 3.63) is 57.8 Å². The van der Waals surface area contributed by atoms with E-state index in [0.717, 1.165) is 23.1 Å². The number of thiophene rings is 1. The molecule has 1 N–H and O–H groups in total. The van der Waals surface area contributed by atoms with Gasteiger partial charge in [0.1, 0.15) is 0 Å². The van der Waals surface area contributed by atoms with Crippen molar-refractivity contribution >= 4 is 27.3 Å². The third-order valence-corrected chi connectivity index (χ3v) is 5.47. The van der Waals surface area contributed by atoms with Crippen LogP contribution in [0.4, 0.5) is 0 Å². The van der Waals surface area contributed by atoms with Crippen molar-refractivity contribution in [3.8, 4) is 0 Å². The number of carbonyl (C=O) groups is 1. The van der Waals surface area contributed by atoms with E-state index in [-0.39, 0.29) is 5.91 Å². The lowest BCUT2D eigenvalue weighted by Gasteiger charge is -2.21. The lowest BCUT2D eigenvalue weighted by molar-refractivity contribution is 0.0748. The standard InChI is InChI=1S/C18H24N2O3S2/c1-3-13-20(14-15-7-5-4-6-8-15)18(21)17-10-9-16(24-17)11-12-19-25(2,22)23/h4-10,19H,3,11-14H2,1-2H3. The van der Waals surface area contributed by atoms with E-state index in [2.05, 4.69) is 11.6 Å². The number of benzene rings is 1. The Hall–Kier alpha value is -1.70. The van der Waals surface area contributed by atoms with E-state index in [0.29, 0.717) is 30.9 Å². The zero-order chi connectivity index (χ0) is 18.3. The van der Waals surface area contributed by atoms with Crippen molar-refractivity contribution in [1.29, 1.82) is 0 Å². The summed E-state index contributed by atoms with van der Waals surface area (Å²) in [5.74, 6) is 0.0259. The molecule has 25 heavy (non-hydrogen) atoms. The summed E-state index contributed by atoms with van der Waals surface area (Å²) in [6, 6.07) is 13.7. The Kier molecular flexibility index (Phi) is 7.16. The first-order valence-electron chi connectivity index (χ1n) is 8.25. The molecular formula is C18H24N2O3S2. The predicted molar refractivity (Wildman–Crippen MR) is 102 cm³/mol. The zero-order valence-electron chi connectivity index (χ0n) is 14.6. The molecule has 1 aromatic carbocycles. The van der Waals surface area contributed by atoms with Gasteiger partial charge in [0.2, 0.25) is 10.0 Å². The summed E-state index contributed by atoms with van der Waals surface area (Å²) in [6.45, 7) is 3.70. The molecule has 0 bridgehead atoms. The van der Waals surface area contributed by atoms with Crippen molar-refractivity contribution in [2.75, 3.05) is 19.3 Å². The maximum absolute atomic E-state index is 12.8. The predicted octanol–water partition coefficient (Wildman–Crippen LogP) is 2.89. The van der Waals surface area contributed by atoms with E-state index in [1.807, 2.05) is 47.4 Å². The maximum Gasteiger partial charge on any atom is 0.264 e. The highest BCUT2D eigenvalue weighted by atomic mass is 32.2. The second-order valence-corrected chi connectivity index (χ2v) is 8.90. The van der Waals surface area contributed by atoms with Crippen LogP contribution in [-0.2, 0) is 23.0 Å². The highest BCUT2D eigenvalue weighted by molar-refractivity contribution is 7.88. The van der Waals surface area contributed by atoms with Gasteiger partial charge >= 0.3 is 0 Å². The molecule has 0 aliphatic rings. The number of hydrogen-bond donors (Lipinski definition) is 1. The first kappa shape index (κ1) is 19.6. The van der Waals surface area contributed by atoms with Gasteiger partial charge in [-0.15, -0.1) is 11.3 Å².